The molecule has 30 heavy (non-hydrogen) atoms. The Morgan fingerprint density at radius 1 is 1.30 bits per heavy atom. The number of carbonyl (C=O) groups is 1. The maximum atomic E-state index is 11.1. The van der Waals surface area contributed by atoms with E-state index < -0.39 is 5.97 Å². The number of hydrogen-bond donors (Lipinski definition) is 1. The first kappa shape index (κ1) is 18.5. The molecule has 2 aliphatic rings. The number of aliphatic carboxylic acids is 1. The number of aryl methyl sites for hydroxylation is 1. The zero-order valence-electron chi connectivity index (χ0n) is 16.6. The van der Waals surface area contributed by atoms with Gasteiger partial charge >= 0.3 is 5.97 Å². The summed E-state index contributed by atoms with van der Waals surface area (Å²) in [6.45, 7) is 1.91. The predicted octanol–water partition coefficient (Wildman–Crippen LogP) is 2.15. The minimum atomic E-state index is -0.768. The van der Waals surface area contributed by atoms with Crippen molar-refractivity contribution < 1.29 is 19.2 Å². The lowest BCUT2D eigenvalue weighted by molar-refractivity contribution is -0.138. The fourth-order valence-electron chi connectivity index (χ4n) is 4.39. The van der Waals surface area contributed by atoms with Crippen LogP contribution >= 0.6 is 0 Å². The molecule has 5 rings (SSSR count). The average molecular weight is 404 g/mol. The second kappa shape index (κ2) is 7.05. The van der Waals surface area contributed by atoms with Gasteiger partial charge in [0.05, 0.1) is 30.5 Å². The van der Waals surface area contributed by atoms with Crippen LogP contribution in [0.2, 0.25) is 0 Å². The molecular formula is C22H20N4O4. The summed E-state index contributed by atoms with van der Waals surface area (Å²) in [4.78, 5) is 24.7. The van der Waals surface area contributed by atoms with Crippen LogP contribution in [-0.4, -0.2) is 39.4 Å². The van der Waals surface area contributed by atoms with Crippen molar-refractivity contribution >= 4 is 11.5 Å². The average Bonchev–Trinajstić information content (AvgIpc) is 3.43. The lowest BCUT2D eigenvalue weighted by Crippen LogP contribution is -2.22. The maximum absolute atomic E-state index is 11.1. The molecule has 1 N–H and O–H groups in total. The number of nitrogens with zero attached hydrogens (tertiary/aromatic N) is 4. The van der Waals surface area contributed by atoms with Crippen molar-refractivity contribution in [2.45, 2.75) is 32.2 Å². The molecule has 0 amide bonds. The van der Waals surface area contributed by atoms with Crippen LogP contribution in [0.15, 0.2) is 40.0 Å². The fraction of sp³-hybridized carbons (Fsp3) is 0.318. The van der Waals surface area contributed by atoms with Gasteiger partial charge < -0.3 is 14.4 Å². The highest BCUT2D eigenvalue weighted by molar-refractivity contribution is 5.69. The molecule has 8 nitrogen and oxygen atoms in total. The summed E-state index contributed by atoms with van der Waals surface area (Å²) in [5, 5.41) is 15.3. The van der Waals surface area contributed by atoms with Gasteiger partial charge in [-0.25, -0.2) is 4.98 Å². The highest BCUT2D eigenvalue weighted by Gasteiger charge is 2.35. The molecule has 2 unspecified atom stereocenters. The standard InChI is InChI=1S/C22H20N4O4/c1-11-7-14(10-23-21(11)29-2)22-25-20(26-30-22)13-4-6-17-16(8-13)15-5-3-12(9-18(27)28)19(15)24-17/h4,6-8,10,12,19H,3,5,9H2,1-2H3,(H,27,28). The maximum Gasteiger partial charge on any atom is 0.303 e. The molecule has 8 heteroatoms. The molecule has 2 atom stereocenters. The van der Waals surface area contributed by atoms with Crippen molar-refractivity contribution in [2.24, 2.45) is 10.9 Å². The van der Waals surface area contributed by atoms with Crippen LogP contribution < -0.4 is 15.3 Å². The van der Waals surface area contributed by atoms with Crippen LogP contribution in [0.4, 0.5) is 0 Å². The lowest BCUT2D eigenvalue weighted by atomic mass is 9.99. The minimum absolute atomic E-state index is 0.0273. The minimum Gasteiger partial charge on any atom is -0.481 e. The van der Waals surface area contributed by atoms with Gasteiger partial charge in [0.2, 0.25) is 11.7 Å². The Balaban J connectivity index is 1.48. The molecule has 3 heterocycles. The third kappa shape index (κ3) is 3.04. The summed E-state index contributed by atoms with van der Waals surface area (Å²) in [5.41, 5.74) is 3.67. The van der Waals surface area contributed by atoms with Crippen LogP contribution in [0.5, 0.6) is 5.88 Å². The zero-order chi connectivity index (χ0) is 20.8. The van der Waals surface area contributed by atoms with Crippen LogP contribution in [0, 0.1) is 12.8 Å². The monoisotopic (exact) mass is 404 g/mol. The Bertz CT molecular complexity index is 1280. The number of methoxy groups -OCH3 is 1. The highest BCUT2D eigenvalue weighted by atomic mass is 16.5. The van der Waals surface area contributed by atoms with Gasteiger partial charge in [-0.1, -0.05) is 5.16 Å². The van der Waals surface area contributed by atoms with Gasteiger partial charge in [0.1, 0.15) is 0 Å². The van der Waals surface area contributed by atoms with Gasteiger partial charge in [-0.3, -0.25) is 9.79 Å². The Morgan fingerprint density at radius 3 is 2.93 bits per heavy atom. The summed E-state index contributed by atoms with van der Waals surface area (Å²) in [6.07, 6.45) is 3.53. The van der Waals surface area contributed by atoms with E-state index in [1.807, 2.05) is 31.2 Å². The number of aromatic nitrogens is 3. The molecule has 1 fully saturated rings. The molecule has 1 aliphatic carbocycles. The van der Waals surface area contributed by atoms with E-state index in [0.29, 0.717) is 17.6 Å². The molecule has 2 aromatic heterocycles. The first-order valence-electron chi connectivity index (χ1n) is 9.81. The van der Waals surface area contributed by atoms with E-state index in [4.69, 9.17) is 19.4 Å². The number of fused-ring (bicyclic) bond motifs is 2. The zero-order valence-corrected chi connectivity index (χ0v) is 16.6. The largest absolute Gasteiger partial charge is 0.481 e. The van der Waals surface area contributed by atoms with Crippen molar-refractivity contribution in [3.63, 3.8) is 0 Å². The van der Waals surface area contributed by atoms with Gasteiger partial charge in [0, 0.05) is 22.5 Å². The highest BCUT2D eigenvalue weighted by Crippen LogP contribution is 2.37. The molecule has 3 aromatic rings. The van der Waals surface area contributed by atoms with Crippen molar-refractivity contribution in [2.75, 3.05) is 7.11 Å². The summed E-state index contributed by atoms with van der Waals surface area (Å²) in [7, 11) is 1.58. The Hall–Kier alpha value is -3.55. The SMILES string of the molecule is COc1ncc(-c2nc(-c3ccc4c(c3)=C3CCC(CC(=O)O)C3N=4)no2)cc1C. The van der Waals surface area contributed by atoms with Crippen LogP contribution in [0.25, 0.3) is 28.4 Å². The summed E-state index contributed by atoms with van der Waals surface area (Å²) in [5.74, 6) is 0.739. The number of pyridine rings is 1. The van der Waals surface area contributed by atoms with Crippen LogP contribution in [-0.2, 0) is 4.79 Å². The van der Waals surface area contributed by atoms with Crippen molar-refractivity contribution in [3.05, 3.63) is 46.6 Å². The normalized spacial score (nSPS) is 19.3. The van der Waals surface area contributed by atoms with Crippen LogP contribution in [0.3, 0.4) is 0 Å². The predicted molar refractivity (Wildman–Crippen MR) is 107 cm³/mol. The van der Waals surface area contributed by atoms with Gasteiger partial charge in [-0.2, -0.15) is 4.98 Å². The molecule has 1 aromatic carbocycles. The van der Waals surface area contributed by atoms with E-state index in [1.165, 1.54) is 5.57 Å². The molecule has 1 saturated carbocycles. The van der Waals surface area contributed by atoms with E-state index in [1.54, 1.807) is 13.3 Å². The summed E-state index contributed by atoms with van der Waals surface area (Å²) in [6, 6.07) is 7.77. The number of ether oxygens (including phenoxy) is 1. The second-order valence-corrected chi connectivity index (χ2v) is 7.70. The third-order valence-electron chi connectivity index (χ3n) is 5.80. The van der Waals surface area contributed by atoms with Crippen molar-refractivity contribution in [1.29, 1.82) is 0 Å². The van der Waals surface area contributed by atoms with Gasteiger partial charge in [0.25, 0.3) is 5.89 Å². The second-order valence-electron chi connectivity index (χ2n) is 7.70. The Kier molecular flexibility index (Phi) is 4.34. The summed E-state index contributed by atoms with van der Waals surface area (Å²) >= 11 is 0. The van der Waals surface area contributed by atoms with E-state index in [-0.39, 0.29) is 18.4 Å². The quantitative estimate of drug-likeness (QED) is 0.694. The van der Waals surface area contributed by atoms with Crippen molar-refractivity contribution in [1.82, 2.24) is 15.1 Å². The van der Waals surface area contributed by atoms with Gasteiger partial charge in [0.15, 0.2) is 0 Å². The summed E-state index contributed by atoms with van der Waals surface area (Å²) < 4.78 is 10.7. The van der Waals surface area contributed by atoms with E-state index in [2.05, 4.69) is 15.1 Å². The number of carboxylic acids is 1. The molecule has 1 aliphatic heterocycles. The first-order chi connectivity index (χ1) is 14.5. The van der Waals surface area contributed by atoms with Gasteiger partial charge in [-0.05, 0) is 55.5 Å². The number of rotatable bonds is 5. The molecule has 0 spiro atoms. The van der Waals surface area contributed by atoms with E-state index in [0.717, 1.165) is 40.1 Å². The molecule has 0 saturated heterocycles. The topological polar surface area (TPSA) is 111 Å². The van der Waals surface area contributed by atoms with Crippen LogP contribution in [0.1, 0.15) is 24.8 Å². The Labute approximate surface area is 171 Å². The number of hydrogen-bond acceptors (Lipinski definition) is 7. The molecule has 0 radical (unpaired) electrons. The third-order valence-corrected chi connectivity index (χ3v) is 5.80. The fourth-order valence-corrected chi connectivity index (χ4v) is 4.39. The van der Waals surface area contributed by atoms with E-state index in [9.17, 15) is 4.79 Å². The molecule has 0 bridgehead atoms. The first-order valence-corrected chi connectivity index (χ1v) is 9.81. The smallest absolute Gasteiger partial charge is 0.303 e. The molecular weight excluding hydrogens is 384 g/mol. The van der Waals surface area contributed by atoms with Gasteiger partial charge in [-0.15, -0.1) is 0 Å². The van der Waals surface area contributed by atoms with Crippen molar-refractivity contribution in [3.8, 4) is 28.7 Å². The number of benzene rings is 1. The molecule has 152 valence electrons. The lowest BCUT2D eigenvalue weighted by Gasteiger charge is -2.11. The number of carboxylic acid groups (broad SMARTS) is 1. The van der Waals surface area contributed by atoms with E-state index >= 15 is 0 Å². The Morgan fingerprint density at radius 2 is 2.17 bits per heavy atom.